The molecule has 0 fully saturated rings. The van der Waals surface area contributed by atoms with E-state index >= 15 is 0 Å². The van der Waals surface area contributed by atoms with Crippen molar-refractivity contribution in [1.29, 1.82) is 0 Å². The van der Waals surface area contributed by atoms with Crippen molar-refractivity contribution < 1.29 is 13.2 Å². The summed E-state index contributed by atoms with van der Waals surface area (Å²) in [5.41, 5.74) is 0. The van der Waals surface area contributed by atoms with Gasteiger partial charge < -0.3 is 0 Å². The first-order valence-electron chi connectivity index (χ1n) is 2.63. The van der Waals surface area contributed by atoms with E-state index in [1.165, 1.54) is 11.8 Å². The normalized spacial score (nSPS) is 24.7. The number of halogens is 3. The van der Waals surface area contributed by atoms with Crippen molar-refractivity contribution in [3.63, 3.8) is 0 Å². The van der Waals surface area contributed by atoms with E-state index in [9.17, 15) is 13.2 Å². The van der Waals surface area contributed by atoms with Crippen LogP contribution < -0.4 is 0 Å². The molecule has 0 aliphatic carbocycles. The Hall–Kier alpha value is -0.0400. The van der Waals surface area contributed by atoms with Crippen LogP contribution in [-0.4, -0.2) is 27.9 Å². The van der Waals surface area contributed by atoms with E-state index in [4.69, 9.17) is 0 Å². The van der Waals surface area contributed by atoms with Gasteiger partial charge in [0.05, 0.1) is 0 Å². The van der Waals surface area contributed by atoms with Gasteiger partial charge in [0.15, 0.2) is 4.71 Å². The molecule has 0 aromatic heterocycles. The van der Waals surface area contributed by atoms with Crippen molar-refractivity contribution >= 4 is 30.0 Å². The molecule has 7 heteroatoms. The van der Waals surface area contributed by atoms with Gasteiger partial charge in [-0.05, 0) is 18.2 Å². The average molecular weight is 202 g/mol. The first kappa shape index (κ1) is 9.05. The molecular formula is C4H5F3N2S2. The second-order valence-corrected chi connectivity index (χ2v) is 3.97. The number of hydrogen-bond donors (Lipinski definition) is 0. The molecule has 0 bridgehead atoms. The minimum atomic E-state index is -4.31. The number of alkyl halides is 3. The van der Waals surface area contributed by atoms with E-state index in [2.05, 4.69) is 4.99 Å². The standard InChI is InChI=1S/C4H5F3N2S2/c1-10-3-8-2-9(11-3)4(5,6)7/h2-3H,1H3. The molecule has 2 nitrogen and oxygen atoms in total. The predicted octanol–water partition coefficient (Wildman–Crippen LogP) is 2.14. The summed E-state index contributed by atoms with van der Waals surface area (Å²) in [6.07, 6.45) is -1.78. The average Bonchev–Trinajstić information content (AvgIpc) is 2.32. The number of hydrogen-bond acceptors (Lipinski definition) is 4. The van der Waals surface area contributed by atoms with Gasteiger partial charge in [0, 0.05) is 0 Å². The van der Waals surface area contributed by atoms with Crippen molar-refractivity contribution in [3.05, 3.63) is 0 Å². The molecule has 1 heterocycles. The molecule has 0 radical (unpaired) electrons. The molecule has 1 atom stereocenters. The summed E-state index contributed by atoms with van der Waals surface area (Å²) in [5.74, 6) is 0. The highest BCUT2D eigenvalue weighted by Gasteiger charge is 2.40. The summed E-state index contributed by atoms with van der Waals surface area (Å²) in [6.45, 7) is 0. The van der Waals surface area contributed by atoms with Crippen LogP contribution in [0.4, 0.5) is 13.2 Å². The molecule has 0 aromatic carbocycles. The lowest BCUT2D eigenvalue weighted by molar-refractivity contribution is -0.181. The van der Waals surface area contributed by atoms with Crippen LogP contribution in [0.5, 0.6) is 0 Å². The number of nitrogens with zero attached hydrogens (tertiary/aromatic N) is 2. The highest BCUT2D eigenvalue weighted by Crippen LogP contribution is 2.37. The number of thioether (sulfide) groups is 1. The fourth-order valence-electron chi connectivity index (χ4n) is 0.496. The first-order valence-corrected chi connectivity index (χ1v) is 4.75. The molecule has 64 valence electrons. The molecule has 1 unspecified atom stereocenters. The van der Waals surface area contributed by atoms with E-state index < -0.39 is 6.30 Å². The third-order valence-electron chi connectivity index (χ3n) is 0.949. The lowest BCUT2D eigenvalue weighted by atomic mass is 11.0. The zero-order chi connectivity index (χ0) is 8.48. The lowest BCUT2D eigenvalue weighted by Gasteiger charge is -2.16. The Morgan fingerprint density at radius 2 is 2.27 bits per heavy atom. The molecule has 11 heavy (non-hydrogen) atoms. The first-order chi connectivity index (χ1) is 5.04. The van der Waals surface area contributed by atoms with E-state index in [0.29, 0.717) is 11.9 Å². The van der Waals surface area contributed by atoms with Gasteiger partial charge >= 0.3 is 6.30 Å². The highest BCUT2D eigenvalue weighted by molar-refractivity contribution is 8.16. The van der Waals surface area contributed by atoms with Crippen molar-refractivity contribution in [1.82, 2.24) is 4.31 Å². The maximum Gasteiger partial charge on any atom is 0.495 e. The fourth-order valence-corrected chi connectivity index (χ4v) is 1.83. The Bertz CT molecular complexity index is 169. The molecule has 0 aromatic rings. The largest absolute Gasteiger partial charge is 0.495 e. The minimum Gasteiger partial charge on any atom is -0.248 e. The van der Waals surface area contributed by atoms with Crippen LogP contribution in [0.3, 0.4) is 0 Å². The van der Waals surface area contributed by atoms with Crippen LogP contribution in [-0.2, 0) is 0 Å². The Kier molecular flexibility index (Phi) is 2.58. The molecule has 0 spiro atoms. The molecule has 0 saturated heterocycles. The minimum absolute atomic E-state index is 0.203. The summed E-state index contributed by atoms with van der Waals surface area (Å²) in [5, 5.41) is 0. The van der Waals surface area contributed by atoms with Gasteiger partial charge in [-0.1, -0.05) is 0 Å². The maximum atomic E-state index is 11.9. The van der Waals surface area contributed by atoms with E-state index in [1.807, 2.05) is 0 Å². The Balaban J connectivity index is 2.50. The zero-order valence-corrected chi connectivity index (χ0v) is 7.13. The molecule has 1 aliphatic heterocycles. The van der Waals surface area contributed by atoms with Crippen LogP contribution >= 0.6 is 23.7 Å². The molecule has 0 N–H and O–H groups in total. The van der Waals surface area contributed by atoms with Crippen LogP contribution in [0, 0.1) is 0 Å². The van der Waals surface area contributed by atoms with Gasteiger partial charge in [0.2, 0.25) is 0 Å². The van der Waals surface area contributed by atoms with E-state index in [0.717, 1.165) is 6.34 Å². The third kappa shape index (κ3) is 2.19. The maximum absolute atomic E-state index is 11.9. The van der Waals surface area contributed by atoms with Crippen molar-refractivity contribution in [2.75, 3.05) is 6.26 Å². The third-order valence-corrected chi connectivity index (χ3v) is 3.14. The number of aliphatic imine (C=N–C) groups is 1. The highest BCUT2D eigenvalue weighted by atomic mass is 32.2. The zero-order valence-electron chi connectivity index (χ0n) is 5.50. The Morgan fingerprint density at radius 1 is 1.64 bits per heavy atom. The summed E-state index contributed by atoms with van der Waals surface area (Å²) in [6, 6.07) is 0. The van der Waals surface area contributed by atoms with Crippen molar-refractivity contribution in [2.45, 2.75) is 11.0 Å². The quantitative estimate of drug-likeness (QED) is 0.478. The second-order valence-electron chi connectivity index (χ2n) is 1.71. The van der Waals surface area contributed by atoms with Crippen molar-refractivity contribution in [3.8, 4) is 0 Å². The van der Waals surface area contributed by atoms with Crippen molar-refractivity contribution in [2.24, 2.45) is 4.99 Å². The van der Waals surface area contributed by atoms with E-state index in [1.54, 1.807) is 6.26 Å². The monoisotopic (exact) mass is 202 g/mol. The van der Waals surface area contributed by atoms with E-state index in [-0.39, 0.29) is 9.01 Å². The predicted molar refractivity (Wildman–Crippen MR) is 41.3 cm³/mol. The summed E-state index contributed by atoms with van der Waals surface area (Å²) in [7, 11) is 0. The van der Waals surface area contributed by atoms with Crippen LogP contribution in [0.2, 0.25) is 0 Å². The molecule has 1 rings (SSSR count). The SMILES string of the molecule is CSC1N=CN(C(F)(F)F)S1. The van der Waals surface area contributed by atoms with Gasteiger partial charge in [0.25, 0.3) is 0 Å². The molecule has 0 amide bonds. The van der Waals surface area contributed by atoms with Gasteiger partial charge in [0.1, 0.15) is 6.34 Å². The molecule has 1 aliphatic rings. The molecule has 0 saturated carbocycles. The summed E-state index contributed by atoms with van der Waals surface area (Å²) in [4.78, 5) is 3.61. The van der Waals surface area contributed by atoms with Gasteiger partial charge in [-0.3, -0.25) is 0 Å². The fraction of sp³-hybridized carbons (Fsp3) is 0.750. The smallest absolute Gasteiger partial charge is 0.248 e. The topological polar surface area (TPSA) is 15.6 Å². The summed E-state index contributed by atoms with van der Waals surface area (Å²) < 4.78 is 35.5. The van der Waals surface area contributed by atoms with Crippen LogP contribution in [0.1, 0.15) is 0 Å². The molecular weight excluding hydrogens is 197 g/mol. The lowest BCUT2D eigenvalue weighted by Crippen LogP contribution is -2.28. The van der Waals surface area contributed by atoms with Gasteiger partial charge in [-0.2, -0.15) is 0 Å². The Morgan fingerprint density at radius 3 is 2.55 bits per heavy atom. The Labute approximate surface area is 70.4 Å². The summed E-state index contributed by atoms with van der Waals surface area (Å²) >= 11 is 1.94. The van der Waals surface area contributed by atoms with Gasteiger partial charge in [-0.15, -0.1) is 24.9 Å². The number of rotatable bonds is 1. The second kappa shape index (κ2) is 3.14. The van der Waals surface area contributed by atoms with Crippen LogP contribution in [0.15, 0.2) is 4.99 Å². The van der Waals surface area contributed by atoms with Crippen LogP contribution in [0.25, 0.3) is 0 Å². The van der Waals surface area contributed by atoms with Gasteiger partial charge in [-0.25, -0.2) is 9.30 Å².